The van der Waals surface area contributed by atoms with Crippen molar-refractivity contribution in [2.45, 2.75) is 19.8 Å². The third-order valence-electron chi connectivity index (χ3n) is 2.41. The number of hydrogen-bond acceptors (Lipinski definition) is 3. The molecule has 2 rings (SSSR count). The fourth-order valence-corrected chi connectivity index (χ4v) is 2.01. The van der Waals surface area contributed by atoms with Gasteiger partial charge in [0.25, 0.3) is 0 Å². The number of halogens is 3. The molecule has 6 heteroatoms. The van der Waals surface area contributed by atoms with Crippen molar-refractivity contribution in [1.82, 2.24) is 9.97 Å². The fourth-order valence-electron chi connectivity index (χ4n) is 1.59. The van der Waals surface area contributed by atoms with E-state index < -0.39 is 0 Å². The zero-order chi connectivity index (χ0) is 13.8. The Labute approximate surface area is 120 Å². The average Bonchev–Trinajstić information content (AvgIpc) is 2.32. The number of benzene rings is 1. The van der Waals surface area contributed by atoms with E-state index >= 15 is 0 Å². The summed E-state index contributed by atoms with van der Waals surface area (Å²) < 4.78 is 13.0. The lowest BCUT2D eigenvalue weighted by Crippen LogP contribution is -2.01. The van der Waals surface area contributed by atoms with Crippen molar-refractivity contribution < 1.29 is 4.39 Å². The van der Waals surface area contributed by atoms with Gasteiger partial charge in [-0.2, -0.15) is 0 Å². The van der Waals surface area contributed by atoms with Crippen LogP contribution in [0.1, 0.15) is 19.2 Å². The van der Waals surface area contributed by atoms with Crippen LogP contribution >= 0.6 is 23.2 Å². The van der Waals surface area contributed by atoms with Crippen molar-refractivity contribution in [2.24, 2.45) is 0 Å². The van der Waals surface area contributed by atoms with Crippen molar-refractivity contribution in [3.05, 3.63) is 46.1 Å². The molecular weight excluding hydrogens is 288 g/mol. The summed E-state index contributed by atoms with van der Waals surface area (Å²) in [5.41, 5.74) is 0.570. The third kappa shape index (κ3) is 3.78. The molecule has 2 aromatic rings. The standard InChI is InChI=1S/C13H12Cl2FN3/c1-2-3-12-18-11(15)7-13(19-12)17-10-5-4-8(16)6-9(10)14/h4-7H,2-3H2,1H3,(H,17,18,19). The molecule has 0 fully saturated rings. The van der Waals surface area contributed by atoms with Gasteiger partial charge in [-0.3, -0.25) is 0 Å². The number of nitrogens with one attached hydrogen (secondary N) is 1. The van der Waals surface area contributed by atoms with E-state index in [1.807, 2.05) is 6.92 Å². The van der Waals surface area contributed by atoms with E-state index in [1.165, 1.54) is 12.1 Å². The second-order valence-corrected chi connectivity index (χ2v) is 4.79. The molecule has 19 heavy (non-hydrogen) atoms. The zero-order valence-electron chi connectivity index (χ0n) is 10.3. The highest BCUT2D eigenvalue weighted by Crippen LogP contribution is 2.26. The summed E-state index contributed by atoms with van der Waals surface area (Å²) in [5, 5.41) is 3.65. The van der Waals surface area contributed by atoms with Crippen LogP contribution in [0.25, 0.3) is 0 Å². The summed E-state index contributed by atoms with van der Waals surface area (Å²) >= 11 is 11.9. The minimum atomic E-state index is -0.386. The topological polar surface area (TPSA) is 37.8 Å². The molecule has 100 valence electrons. The van der Waals surface area contributed by atoms with E-state index in [0.29, 0.717) is 22.5 Å². The number of rotatable bonds is 4. The van der Waals surface area contributed by atoms with Gasteiger partial charge in [0.05, 0.1) is 10.7 Å². The Bertz CT molecular complexity index is 590. The first-order chi connectivity index (χ1) is 9.08. The summed E-state index contributed by atoms with van der Waals surface area (Å²) in [7, 11) is 0. The van der Waals surface area contributed by atoms with E-state index in [4.69, 9.17) is 23.2 Å². The molecule has 0 saturated heterocycles. The molecule has 1 aromatic heterocycles. The first-order valence-corrected chi connectivity index (χ1v) is 6.59. The van der Waals surface area contributed by atoms with Gasteiger partial charge in [-0.05, 0) is 24.6 Å². The SMILES string of the molecule is CCCc1nc(Cl)cc(Nc2ccc(F)cc2Cl)n1. The molecule has 0 aliphatic carbocycles. The van der Waals surface area contributed by atoms with Crippen molar-refractivity contribution in [3.8, 4) is 0 Å². The van der Waals surface area contributed by atoms with Gasteiger partial charge in [-0.15, -0.1) is 0 Å². The molecule has 1 aromatic carbocycles. The molecular formula is C13H12Cl2FN3. The lowest BCUT2D eigenvalue weighted by atomic mass is 10.3. The third-order valence-corrected chi connectivity index (χ3v) is 2.92. The summed E-state index contributed by atoms with van der Waals surface area (Å²) in [6, 6.07) is 5.71. The van der Waals surface area contributed by atoms with Crippen LogP contribution in [0.4, 0.5) is 15.9 Å². The first-order valence-electron chi connectivity index (χ1n) is 5.84. The smallest absolute Gasteiger partial charge is 0.135 e. The predicted octanol–water partition coefficient (Wildman–Crippen LogP) is 4.62. The minimum Gasteiger partial charge on any atom is -0.339 e. The highest BCUT2D eigenvalue weighted by Gasteiger charge is 2.06. The van der Waals surface area contributed by atoms with E-state index in [9.17, 15) is 4.39 Å². The van der Waals surface area contributed by atoms with Gasteiger partial charge in [0, 0.05) is 12.5 Å². The average molecular weight is 300 g/mol. The summed E-state index contributed by atoms with van der Waals surface area (Å²) in [5.74, 6) is 0.815. The van der Waals surface area contributed by atoms with Crippen LogP contribution in [0.5, 0.6) is 0 Å². The van der Waals surface area contributed by atoms with Gasteiger partial charge in [0.15, 0.2) is 0 Å². The van der Waals surface area contributed by atoms with E-state index in [2.05, 4.69) is 15.3 Å². The monoisotopic (exact) mass is 299 g/mol. The molecule has 0 saturated carbocycles. The molecule has 0 aliphatic heterocycles. The Hall–Kier alpha value is -1.39. The van der Waals surface area contributed by atoms with Crippen LogP contribution in [-0.4, -0.2) is 9.97 Å². The highest BCUT2D eigenvalue weighted by atomic mass is 35.5. The molecule has 0 amide bonds. The molecule has 0 unspecified atom stereocenters. The van der Waals surface area contributed by atoms with Crippen LogP contribution in [-0.2, 0) is 6.42 Å². The van der Waals surface area contributed by atoms with Gasteiger partial charge >= 0.3 is 0 Å². The number of aromatic nitrogens is 2. The van der Waals surface area contributed by atoms with Crippen LogP contribution < -0.4 is 5.32 Å². The highest BCUT2D eigenvalue weighted by molar-refractivity contribution is 6.33. The summed E-state index contributed by atoms with van der Waals surface area (Å²) in [6.45, 7) is 2.04. The normalized spacial score (nSPS) is 10.5. The van der Waals surface area contributed by atoms with Gasteiger partial charge in [-0.1, -0.05) is 30.1 Å². The number of aryl methyl sites for hydroxylation is 1. The maximum Gasteiger partial charge on any atom is 0.135 e. The molecule has 3 nitrogen and oxygen atoms in total. The van der Waals surface area contributed by atoms with Gasteiger partial charge in [-0.25, -0.2) is 14.4 Å². The van der Waals surface area contributed by atoms with Gasteiger partial charge in [0.1, 0.15) is 22.6 Å². The molecule has 1 N–H and O–H groups in total. The Balaban J connectivity index is 2.27. The minimum absolute atomic E-state index is 0.284. The second kappa shape index (κ2) is 6.17. The lowest BCUT2D eigenvalue weighted by molar-refractivity contribution is 0.628. The number of hydrogen-bond donors (Lipinski definition) is 1. The Kier molecular flexibility index (Phi) is 4.56. The summed E-state index contributed by atoms with van der Waals surface area (Å²) in [6.07, 6.45) is 1.67. The van der Waals surface area contributed by atoms with Gasteiger partial charge in [0.2, 0.25) is 0 Å². The number of anilines is 2. The zero-order valence-corrected chi connectivity index (χ0v) is 11.8. The van der Waals surface area contributed by atoms with Gasteiger partial charge < -0.3 is 5.32 Å². The Morgan fingerprint density at radius 2 is 2.00 bits per heavy atom. The molecule has 0 bridgehead atoms. The second-order valence-electron chi connectivity index (χ2n) is 3.99. The fraction of sp³-hybridized carbons (Fsp3) is 0.231. The van der Waals surface area contributed by atoms with Crippen LogP contribution in [0.15, 0.2) is 24.3 Å². The van der Waals surface area contributed by atoms with Crippen molar-refractivity contribution in [2.75, 3.05) is 5.32 Å². The van der Waals surface area contributed by atoms with Crippen molar-refractivity contribution in [3.63, 3.8) is 0 Å². The van der Waals surface area contributed by atoms with E-state index in [-0.39, 0.29) is 10.8 Å². The molecule has 0 atom stereocenters. The quantitative estimate of drug-likeness (QED) is 0.837. The maximum atomic E-state index is 13.0. The summed E-state index contributed by atoms with van der Waals surface area (Å²) in [4.78, 5) is 8.45. The Morgan fingerprint density at radius 1 is 1.21 bits per heavy atom. The van der Waals surface area contributed by atoms with E-state index in [1.54, 1.807) is 12.1 Å². The molecule has 1 heterocycles. The maximum absolute atomic E-state index is 13.0. The van der Waals surface area contributed by atoms with E-state index in [0.717, 1.165) is 12.8 Å². The van der Waals surface area contributed by atoms with Crippen LogP contribution in [0, 0.1) is 5.82 Å². The van der Waals surface area contributed by atoms with Crippen molar-refractivity contribution >= 4 is 34.7 Å². The lowest BCUT2D eigenvalue weighted by Gasteiger charge is -2.09. The first kappa shape index (κ1) is 14.0. The van der Waals surface area contributed by atoms with Crippen LogP contribution in [0.2, 0.25) is 10.2 Å². The predicted molar refractivity (Wildman–Crippen MR) is 75.7 cm³/mol. The Morgan fingerprint density at radius 3 is 2.68 bits per heavy atom. The molecule has 0 spiro atoms. The number of nitrogens with zero attached hydrogens (tertiary/aromatic N) is 2. The van der Waals surface area contributed by atoms with Crippen LogP contribution in [0.3, 0.4) is 0 Å². The van der Waals surface area contributed by atoms with Crippen molar-refractivity contribution in [1.29, 1.82) is 0 Å². The molecule has 0 aliphatic rings. The largest absolute Gasteiger partial charge is 0.339 e. The molecule has 0 radical (unpaired) electrons.